The van der Waals surface area contributed by atoms with Crippen molar-refractivity contribution in [2.24, 2.45) is 0 Å². The van der Waals surface area contributed by atoms with Crippen LogP contribution >= 0.6 is 11.6 Å². The highest BCUT2D eigenvalue weighted by molar-refractivity contribution is 6.32. The van der Waals surface area contributed by atoms with Crippen molar-refractivity contribution in [3.8, 4) is 22.6 Å². The molecule has 3 rings (SSSR count). The Morgan fingerprint density at radius 1 is 1.21 bits per heavy atom. The van der Waals surface area contributed by atoms with Gasteiger partial charge in [0, 0.05) is 12.0 Å². The zero-order chi connectivity index (χ0) is 13.4. The lowest BCUT2D eigenvalue weighted by Gasteiger charge is -2.15. The van der Waals surface area contributed by atoms with Gasteiger partial charge >= 0.3 is 0 Å². The fraction of sp³-hybridized carbons (Fsp3) is 0.308. The molecule has 0 bridgehead atoms. The fourth-order valence-corrected chi connectivity index (χ4v) is 2.40. The van der Waals surface area contributed by atoms with Crippen molar-refractivity contribution < 1.29 is 14.0 Å². The average Bonchev–Trinajstić information content (AvgIpc) is 2.66. The molecule has 0 atom stereocenters. The highest BCUT2D eigenvalue weighted by Crippen LogP contribution is 2.45. The summed E-state index contributed by atoms with van der Waals surface area (Å²) >= 11 is 6.26. The molecule has 0 saturated heterocycles. The van der Waals surface area contributed by atoms with E-state index < -0.39 is 0 Å². The number of ether oxygens (including phenoxy) is 2. The summed E-state index contributed by atoms with van der Waals surface area (Å²) in [5.41, 5.74) is 8.21. The van der Waals surface area contributed by atoms with Gasteiger partial charge in [0.1, 0.15) is 0 Å². The Balaban J connectivity index is 2.20. The molecule has 2 heterocycles. The number of benzene rings is 1. The molecule has 19 heavy (non-hydrogen) atoms. The lowest BCUT2D eigenvalue weighted by molar-refractivity contribution is 0.296. The molecule has 1 aliphatic heterocycles. The lowest BCUT2D eigenvalue weighted by atomic mass is 10.0. The summed E-state index contributed by atoms with van der Waals surface area (Å²) in [4.78, 5) is 0. The molecule has 0 spiro atoms. The number of hydrogen-bond donors (Lipinski definition) is 1. The van der Waals surface area contributed by atoms with Crippen molar-refractivity contribution >= 4 is 17.5 Å². The van der Waals surface area contributed by atoms with E-state index in [0.717, 1.165) is 17.5 Å². The fourth-order valence-electron chi connectivity index (χ4n) is 2.15. The molecule has 5 nitrogen and oxygen atoms in total. The van der Waals surface area contributed by atoms with Crippen LogP contribution < -0.4 is 15.2 Å². The van der Waals surface area contributed by atoms with Crippen LogP contribution in [0.2, 0.25) is 5.02 Å². The molecule has 0 unspecified atom stereocenters. The average molecular weight is 281 g/mol. The zero-order valence-corrected chi connectivity index (χ0v) is 11.2. The molecule has 0 amide bonds. The maximum Gasteiger partial charge on any atom is 0.229 e. The molecule has 2 aromatic rings. The Morgan fingerprint density at radius 3 is 2.63 bits per heavy atom. The van der Waals surface area contributed by atoms with Crippen molar-refractivity contribution in [3.05, 3.63) is 22.8 Å². The van der Waals surface area contributed by atoms with Gasteiger partial charge in [-0.05, 0) is 18.6 Å². The minimum atomic E-state index is 0.258. The van der Waals surface area contributed by atoms with Crippen LogP contribution in [-0.4, -0.2) is 18.4 Å². The van der Waals surface area contributed by atoms with Crippen LogP contribution in [0.3, 0.4) is 0 Å². The van der Waals surface area contributed by atoms with Gasteiger partial charge in [-0.1, -0.05) is 16.8 Å². The Morgan fingerprint density at radius 2 is 1.95 bits per heavy atom. The molecule has 0 saturated carbocycles. The number of halogens is 1. The first kappa shape index (κ1) is 12.2. The van der Waals surface area contributed by atoms with Crippen molar-refractivity contribution in [3.63, 3.8) is 0 Å². The molecule has 2 N–H and O–H groups in total. The maximum atomic E-state index is 6.26. The predicted molar refractivity (Wildman–Crippen MR) is 71.7 cm³/mol. The third-order valence-corrected chi connectivity index (χ3v) is 3.39. The summed E-state index contributed by atoms with van der Waals surface area (Å²) in [5, 5.41) is 4.18. The van der Waals surface area contributed by atoms with Crippen LogP contribution in [0.25, 0.3) is 11.1 Å². The summed E-state index contributed by atoms with van der Waals surface area (Å²) in [7, 11) is 0. The van der Waals surface area contributed by atoms with Crippen molar-refractivity contribution in [2.45, 2.75) is 13.3 Å². The number of rotatable bonds is 1. The van der Waals surface area contributed by atoms with Crippen LogP contribution in [0.1, 0.15) is 12.0 Å². The van der Waals surface area contributed by atoms with E-state index in [9.17, 15) is 0 Å². The van der Waals surface area contributed by atoms with Gasteiger partial charge in [0.15, 0.2) is 11.5 Å². The van der Waals surface area contributed by atoms with Gasteiger partial charge in [0.2, 0.25) is 5.88 Å². The Bertz CT molecular complexity index is 625. The summed E-state index contributed by atoms with van der Waals surface area (Å²) < 4.78 is 16.3. The second-order valence-corrected chi connectivity index (χ2v) is 4.75. The minimum absolute atomic E-state index is 0.258. The molecule has 0 radical (unpaired) electrons. The van der Waals surface area contributed by atoms with E-state index in [2.05, 4.69) is 5.16 Å². The van der Waals surface area contributed by atoms with Gasteiger partial charge in [0.25, 0.3) is 0 Å². The van der Waals surface area contributed by atoms with Gasteiger partial charge in [0.05, 0.1) is 30.0 Å². The number of fused-ring (bicyclic) bond motifs is 1. The molecular weight excluding hydrogens is 268 g/mol. The van der Waals surface area contributed by atoms with E-state index in [1.54, 1.807) is 12.3 Å². The first-order valence-corrected chi connectivity index (χ1v) is 6.35. The largest absolute Gasteiger partial charge is 0.489 e. The van der Waals surface area contributed by atoms with Crippen LogP contribution in [0.4, 0.5) is 5.88 Å². The van der Waals surface area contributed by atoms with E-state index in [1.165, 1.54) is 0 Å². The van der Waals surface area contributed by atoms with Gasteiger partial charge in [-0.15, -0.1) is 0 Å². The topological polar surface area (TPSA) is 70.5 Å². The quantitative estimate of drug-likeness (QED) is 0.869. The smallest absolute Gasteiger partial charge is 0.229 e. The normalized spacial score (nSPS) is 14.2. The number of hydrogen-bond acceptors (Lipinski definition) is 5. The SMILES string of the molecule is Cc1c(-c2cnoc2N)cc(Cl)c2c1OCCCO2. The summed E-state index contributed by atoms with van der Waals surface area (Å²) in [5.74, 6) is 1.52. The van der Waals surface area contributed by atoms with Crippen molar-refractivity contribution in [1.29, 1.82) is 0 Å². The summed E-state index contributed by atoms with van der Waals surface area (Å²) in [6.07, 6.45) is 2.40. The molecule has 100 valence electrons. The zero-order valence-electron chi connectivity index (χ0n) is 10.4. The van der Waals surface area contributed by atoms with E-state index in [0.29, 0.717) is 35.3 Å². The molecule has 6 heteroatoms. The van der Waals surface area contributed by atoms with E-state index >= 15 is 0 Å². The molecule has 1 aromatic heterocycles. The Kier molecular flexibility index (Phi) is 2.98. The van der Waals surface area contributed by atoms with E-state index in [4.69, 9.17) is 31.3 Å². The second-order valence-electron chi connectivity index (χ2n) is 4.34. The van der Waals surface area contributed by atoms with Crippen molar-refractivity contribution in [1.82, 2.24) is 5.16 Å². The number of nitrogen functional groups attached to an aromatic ring is 1. The number of aromatic nitrogens is 1. The first-order chi connectivity index (χ1) is 9.18. The van der Waals surface area contributed by atoms with Crippen molar-refractivity contribution in [2.75, 3.05) is 18.9 Å². The first-order valence-electron chi connectivity index (χ1n) is 5.97. The highest BCUT2D eigenvalue weighted by Gasteiger charge is 2.22. The summed E-state index contributed by atoms with van der Waals surface area (Å²) in [6, 6.07) is 1.80. The van der Waals surface area contributed by atoms with Gasteiger partial charge in [-0.2, -0.15) is 0 Å². The Labute approximate surface area is 115 Å². The maximum absolute atomic E-state index is 6.26. The van der Waals surface area contributed by atoms with Crippen LogP contribution in [0.5, 0.6) is 11.5 Å². The van der Waals surface area contributed by atoms with Gasteiger partial charge < -0.3 is 19.7 Å². The summed E-state index contributed by atoms with van der Waals surface area (Å²) in [6.45, 7) is 3.14. The number of nitrogens with zero attached hydrogens (tertiary/aromatic N) is 1. The molecule has 0 aliphatic carbocycles. The number of nitrogens with two attached hydrogens (primary N) is 1. The van der Waals surface area contributed by atoms with Crippen LogP contribution in [-0.2, 0) is 0 Å². The van der Waals surface area contributed by atoms with E-state index in [1.807, 2.05) is 6.92 Å². The molecule has 0 fully saturated rings. The minimum Gasteiger partial charge on any atom is -0.489 e. The van der Waals surface area contributed by atoms with Gasteiger partial charge in [-0.3, -0.25) is 0 Å². The third kappa shape index (κ3) is 2.00. The molecular formula is C13H13ClN2O3. The third-order valence-electron chi connectivity index (χ3n) is 3.11. The Hall–Kier alpha value is -1.88. The standard InChI is InChI=1S/C13H13ClN2O3/c1-7-8(9-6-16-19-13(9)15)5-10(14)12-11(7)17-3-2-4-18-12/h5-6H,2-4,15H2,1H3. The number of anilines is 1. The van der Waals surface area contributed by atoms with Gasteiger partial charge in [-0.25, -0.2) is 0 Å². The molecule has 1 aromatic carbocycles. The molecule has 1 aliphatic rings. The second kappa shape index (κ2) is 4.66. The monoisotopic (exact) mass is 280 g/mol. The predicted octanol–water partition coefficient (Wildman–Crippen LogP) is 3.05. The van der Waals surface area contributed by atoms with E-state index in [-0.39, 0.29) is 5.88 Å². The van der Waals surface area contributed by atoms with Crippen LogP contribution in [0.15, 0.2) is 16.8 Å². The lowest BCUT2D eigenvalue weighted by Crippen LogP contribution is -1.98. The van der Waals surface area contributed by atoms with Crippen LogP contribution in [0, 0.1) is 6.92 Å². The highest BCUT2D eigenvalue weighted by atomic mass is 35.5.